The molecule has 0 saturated heterocycles. The van der Waals surface area contributed by atoms with Crippen LogP contribution in [0, 0.1) is 20.6 Å². The third-order valence-electron chi connectivity index (χ3n) is 10.3. The van der Waals surface area contributed by atoms with E-state index in [1.165, 1.54) is 17.2 Å². The minimum Gasteiger partial charge on any atom is -0.437 e. The van der Waals surface area contributed by atoms with E-state index < -0.39 is 13.7 Å². The second-order valence-corrected chi connectivity index (χ2v) is 14.1. The zero-order chi connectivity index (χ0) is 40.3. The molecule has 0 N–H and O–H groups in total. The summed E-state index contributed by atoms with van der Waals surface area (Å²) in [6.45, 7) is 5.85. The Kier molecular flexibility index (Phi) is 5.64. The highest BCUT2D eigenvalue weighted by Gasteiger charge is 2.34. The number of fused-ring (bicyclic) bond motifs is 8. The summed E-state index contributed by atoms with van der Waals surface area (Å²) in [6.07, 6.45) is 0. The van der Waals surface area contributed by atoms with E-state index in [1.54, 1.807) is 6.07 Å². The fourth-order valence-electron chi connectivity index (χ4n) is 7.81. The Hall–Kier alpha value is -5.75. The van der Waals surface area contributed by atoms with Gasteiger partial charge in [0.15, 0.2) is 22.2 Å². The number of imidazole rings is 1. The molecule has 0 amide bonds. The van der Waals surface area contributed by atoms with Gasteiger partial charge in [-0.25, -0.2) is 14.5 Å². The maximum absolute atomic E-state index is 8.49. The van der Waals surface area contributed by atoms with Crippen molar-refractivity contribution < 1.29 is 21.6 Å². The second-order valence-electron chi connectivity index (χ2n) is 14.1. The summed E-state index contributed by atoms with van der Waals surface area (Å²) in [7, 11) is 2.06. The number of hydrogen-bond donors (Lipinski definition) is 0. The van der Waals surface area contributed by atoms with Gasteiger partial charge in [-0.05, 0) is 91.6 Å². The highest BCUT2D eigenvalue weighted by Crippen LogP contribution is 2.45. The summed E-state index contributed by atoms with van der Waals surface area (Å²) in [6, 6.07) is 30.4. The van der Waals surface area contributed by atoms with Crippen molar-refractivity contribution in [2.45, 2.75) is 60.2 Å². The maximum atomic E-state index is 8.49. The van der Waals surface area contributed by atoms with E-state index in [-0.39, 0.29) is 45.6 Å². The van der Waals surface area contributed by atoms with Gasteiger partial charge in [-0.2, -0.15) is 4.57 Å². The SMILES string of the molecule is [2H]C([2H])([2H])c1ccc2c(n1)oc1c2c(C([2H])([2H])[2H])nc2oc3c(-c4n(-c5c(C(C)C)cc(-c6ccccc6)cc5C(C)C)c5ccccc5[n+]4C)c(C)ccc3c21. The molecule has 0 aliphatic carbocycles. The number of para-hydroxylation sites is 2. The number of benzene rings is 4. The molecule has 0 spiro atoms. The molecule has 5 aromatic heterocycles. The molecule has 0 unspecified atom stereocenters. The van der Waals surface area contributed by atoms with Gasteiger partial charge in [-0.3, -0.25) is 0 Å². The molecule has 0 saturated carbocycles. The van der Waals surface area contributed by atoms with E-state index in [0.29, 0.717) is 21.7 Å². The average molecular weight is 676 g/mol. The largest absolute Gasteiger partial charge is 0.437 e. The molecule has 9 aromatic rings. The normalized spacial score (nSPS) is 14.5. The summed E-state index contributed by atoms with van der Waals surface area (Å²) in [5, 5.41) is 1.80. The number of pyridine rings is 2. The molecule has 0 atom stereocenters. The Morgan fingerprint density at radius 2 is 1.41 bits per heavy atom. The molecule has 4 aromatic carbocycles. The van der Waals surface area contributed by atoms with Gasteiger partial charge in [0, 0.05) is 30.4 Å². The summed E-state index contributed by atoms with van der Waals surface area (Å²) >= 11 is 0. The van der Waals surface area contributed by atoms with Crippen LogP contribution in [0.2, 0.25) is 0 Å². The molecule has 6 heteroatoms. The van der Waals surface area contributed by atoms with E-state index in [0.717, 1.165) is 44.8 Å². The lowest BCUT2D eigenvalue weighted by atomic mass is 9.88. The zero-order valence-corrected chi connectivity index (χ0v) is 29.4. The van der Waals surface area contributed by atoms with Crippen LogP contribution in [-0.4, -0.2) is 14.5 Å². The Labute approximate surface area is 305 Å². The monoisotopic (exact) mass is 675 g/mol. The number of hydrogen-bond acceptors (Lipinski definition) is 4. The van der Waals surface area contributed by atoms with E-state index >= 15 is 0 Å². The first kappa shape index (κ1) is 25.2. The lowest BCUT2D eigenvalue weighted by Crippen LogP contribution is -2.30. The first-order valence-corrected chi connectivity index (χ1v) is 17.4. The molecule has 0 bridgehead atoms. The van der Waals surface area contributed by atoms with Crippen LogP contribution in [0.15, 0.2) is 99.8 Å². The molecule has 0 aliphatic rings. The van der Waals surface area contributed by atoms with Crippen LogP contribution in [0.4, 0.5) is 0 Å². The zero-order valence-electron chi connectivity index (χ0n) is 35.4. The van der Waals surface area contributed by atoms with E-state index in [9.17, 15) is 0 Å². The van der Waals surface area contributed by atoms with Gasteiger partial charge in [-0.15, -0.1) is 0 Å². The summed E-state index contributed by atoms with van der Waals surface area (Å²) in [5.74, 6) is 1.23. The number of furan rings is 2. The van der Waals surface area contributed by atoms with Crippen molar-refractivity contribution in [2.24, 2.45) is 7.05 Å². The maximum Gasteiger partial charge on any atom is 0.299 e. The van der Waals surface area contributed by atoms with Crippen LogP contribution in [0.5, 0.6) is 0 Å². The van der Waals surface area contributed by atoms with Gasteiger partial charge in [-0.1, -0.05) is 76.2 Å². The topological polar surface area (TPSA) is 60.9 Å². The van der Waals surface area contributed by atoms with E-state index in [1.807, 2.05) is 31.2 Å². The molecule has 0 fully saturated rings. The molecule has 0 radical (unpaired) electrons. The van der Waals surface area contributed by atoms with Crippen LogP contribution in [0.3, 0.4) is 0 Å². The van der Waals surface area contributed by atoms with Gasteiger partial charge >= 0.3 is 0 Å². The number of rotatable bonds is 5. The molecule has 6 nitrogen and oxygen atoms in total. The van der Waals surface area contributed by atoms with Crippen LogP contribution < -0.4 is 4.57 Å². The first-order chi connectivity index (χ1) is 27.0. The van der Waals surface area contributed by atoms with Crippen molar-refractivity contribution in [1.29, 1.82) is 0 Å². The summed E-state index contributed by atoms with van der Waals surface area (Å²) in [5.41, 5.74) is 10.2. The molecular formula is C45H41N4O2+. The van der Waals surface area contributed by atoms with Crippen molar-refractivity contribution in [2.75, 3.05) is 0 Å². The predicted octanol–water partition coefficient (Wildman–Crippen LogP) is 11.5. The fraction of sp³-hybridized carbons (Fsp3) is 0.222. The van der Waals surface area contributed by atoms with Gasteiger partial charge < -0.3 is 8.83 Å². The van der Waals surface area contributed by atoms with Crippen molar-refractivity contribution >= 4 is 55.2 Å². The van der Waals surface area contributed by atoms with Crippen LogP contribution in [0.25, 0.3) is 83.4 Å². The molecule has 0 aliphatic heterocycles. The first-order valence-electron chi connectivity index (χ1n) is 20.4. The number of nitrogens with zero attached hydrogens (tertiary/aromatic N) is 4. The Bertz CT molecular complexity index is 3050. The van der Waals surface area contributed by atoms with Crippen molar-refractivity contribution in [3.63, 3.8) is 0 Å². The van der Waals surface area contributed by atoms with E-state index in [2.05, 4.69) is 108 Å². The predicted molar refractivity (Wildman–Crippen MR) is 208 cm³/mol. The van der Waals surface area contributed by atoms with Crippen molar-refractivity contribution in [3.8, 4) is 28.2 Å². The van der Waals surface area contributed by atoms with Crippen LogP contribution >= 0.6 is 0 Å². The minimum absolute atomic E-state index is 0.0213. The van der Waals surface area contributed by atoms with Gasteiger partial charge in [0.25, 0.3) is 5.82 Å². The molecule has 5 heterocycles. The van der Waals surface area contributed by atoms with Crippen LogP contribution in [0.1, 0.15) is 75.8 Å². The number of aromatic nitrogens is 4. The standard InChI is InChI=1S/C45H41N4O2/c1-24(2)33-22-30(29-14-10-9-11-15-29)23-34(25(3)4)40(33)49-36-17-13-12-16-35(36)48(8)45(49)37-26(5)18-20-31-39-42-38(28(7)47-44(39)50-41(31)37)32-21-19-27(6)46-43(32)51-42/h9-25H,1-8H3/q+1/i6D3,7D3. The smallest absolute Gasteiger partial charge is 0.299 e. The lowest BCUT2D eigenvalue weighted by molar-refractivity contribution is -0.633. The highest BCUT2D eigenvalue weighted by molar-refractivity contribution is 6.22. The Balaban J connectivity index is 1.42. The Morgan fingerprint density at radius 3 is 2.14 bits per heavy atom. The molecule has 9 rings (SSSR count). The molecule has 51 heavy (non-hydrogen) atoms. The van der Waals surface area contributed by atoms with Crippen LogP contribution in [-0.2, 0) is 7.05 Å². The molecule has 252 valence electrons. The second kappa shape index (κ2) is 11.4. The quantitative estimate of drug-likeness (QED) is 0.170. The van der Waals surface area contributed by atoms with E-state index in [4.69, 9.17) is 17.1 Å². The Morgan fingerprint density at radius 1 is 0.706 bits per heavy atom. The summed E-state index contributed by atoms with van der Waals surface area (Å²) < 4.78 is 66.9. The lowest BCUT2D eigenvalue weighted by Gasteiger charge is -2.21. The highest BCUT2D eigenvalue weighted by atomic mass is 16.4. The third-order valence-corrected chi connectivity index (χ3v) is 10.3. The third kappa shape index (κ3) is 4.59. The van der Waals surface area contributed by atoms with Gasteiger partial charge in [0.2, 0.25) is 11.4 Å². The molecular weight excluding hydrogens is 629 g/mol. The van der Waals surface area contributed by atoms with Gasteiger partial charge in [0.05, 0.1) is 28.9 Å². The van der Waals surface area contributed by atoms with Crippen molar-refractivity contribution in [3.05, 3.63) is 119 Å². The van der Waals surface area contributed by atoms with Crippen molar-refractivity contribution in [1.82, 2.24) is 14.5 Å². The van der Waals surface area contributed by atoms with Gasteiger partial charge in [0.1, 0.15) is 11.3 Å². The number of aryl methyl sites for hydroxylation is 4. The minimum atomic E-state index is -2.64. The average Bonchev–Trinajstić information content (AvgIpc) is 3.82. The fourth-order valence-corrected chi connectivity index (χ4v) is 7.81. The summed E-state index contributed by atoms with van der Waals surface area (Å²) in [4.78, 5) is 9.02.